The minimum atomic E-state index is 0.833. The average molecular weight is 274 g/mol. The minimum Gasteiger partial charge on any atom is -0.378 e. The molecule has 3 nitrogen and oxygen atoms in total. The summed E-state index contributed by atoms with van der Waals surface area (Å²) >= 11 is 0. The first-order chi connectivity index (χ1) is 9.38. The van der Waals surface area contributed by atoms with E-state index in [4.69, 9.17) is 4.74 Å². The maximum atomic E-state index is 5.46. The Hall–Kier alpha value is -1.18. The van der Waals surface area contributed by atoms with Gasteiger partial charge in [-0.3, -0.25) is 4.98 Å². The molecule has 0 spiro atoms. The number of ether oxygens (including phenoxy) is 1. The van der Waals surface area contributed by atoms with Gasteiger partial charge in [-0.05, 0) is 29.7 Å². The van der Waals surface area contributed by atoms with Gasteiger partial charge >= 0.3 is 0 Å². The van der Waals surface area contributed by atoms with Gasteiger partial charge in [0.25, 0.3) is 0 Å². The number of benzene rings is 1. The number of morpholine rings is 1. The van der Waals surface area contributed by atoms with E-state index < -0.39 is 0 Å². The molecule has 3 rings (SSSR count). The first kappa shape index (κ1) is 12.8. The van der Waals surface area contributed by atoms with Gasteiger partial charge in [0.1, 0.15) is 0 Å². The summed E-state index contributed by atoms with van der Waals surface area (Å²) in [5.74, 6) is 0. The van der Waals surface area contributed by atoms with Crippen LogP contribution in [-0.2, 0) is 4.74 Å². The number of pyridine rings is 1. The molecule has 1 saturated heterocycles. The zero-order valence-corrected chi connectivity index (χ0v) is 12.2. The maximum Gasteiger partial charge on any atom is 0.0709 e. The van der Waals surface area contributed by atoms with E-state index in [1.807, 2.05) is 12.3 Å². The third-order valence-electron chi connectivity index (χ3n) is 3.44. The number of rotatable bonds is 3. The van der Waals surface area contributed by atoms with Crippen molar-refractivity contribution in [3.63, 3.8) is 0 Å². The van der Waals surface area contributed by atoms with Crippen LogP contribution in [0.3, 0.4) is 0 Å². The Morgan fingerprint density at radius 2 is 2.16 bits per heavy atom. The fraction of sp³-hybridized carbons (Fsp3) is 0.400. The van der Waals surface area contributed by atoms with Gasteiger partial charge in [-0.2, -0.15) is 0 Å². The zero-order valence-electron chi connectivity index (χ0n) is 11.2. The van der Waals surface area contributed by atoms with Gasteiger partial charge in [-0.1, -0.05) is 21.6 Å². The third-order valence-corrected chi connectivity index (χ3v) is 4.57. The monoisotopic (exact) mass is 274 g/mol. The van der Waals surface area contributed by atoms with Crippen LogP contribution in [0.2, 0.25) is 0 Å². The van der Waals surface area contributed by atoms with Crippen molar-refractivity contribution in [2.45, 2.75) is 6.92 Å². The highest BCUT2D eigenvalue weighted by Gasteiger charge is 2.15. The van der Waals surface area contributed by atoms with Crippen LogP contribution in [0.25, 0.3) is 10.9 Å². The molecule has 19 heavy (non-hydrogen) atoms. The number of hydrogen-bond acceptors (Lipinski definition) is 3. The molecular weight excluding hydrogens is 255 g/mol. The van der Waals surface area contributed by atoms with Gasteiger partial charge in [0.05, 0.1) is 18.7 Å². The number of aromatic nitrogens is 1. The van der Waals surface area contributed by atoms with Crippen molar-refractivity contribution in [1.82, 2.24) is 4.98 Å². The maximum absolute atomic E-state index is 5.46. The molecule has 1 aromatic carbocycles. The van der Waals surface area contributed by atoms with Crippen molar-refractivity contribution in [3.05, 3.63) is 30.5 Å². The van der Waals surface area contributed by atoms with E-state index in [9.17, 15) is 0 Å². The summed E-state index contributed by atoms with van der Waals surface area (Å²) < 4.78 is 5.46. The Balaban J connectivity index is 2.05. The van der Waals surface area contributed by atoms with E-state index in [-0.39, 0.29) is 0 Å². The molecule has 2 heterocycles. The lowest BCUT2D eigenvalue weighted by Crippen LogP contribution is -2.38. The summed E-state index contributed by atoms with van der Waals surface area (Å²) in [6, 6.07) is 8.71. The topological polar surface area (TPSA) is 25.4 Å². The van der Waals surface area contributed by atoms with E-state index in [1.165, 1.54) is 22.5 Å². The number of hydrogen-bond donors (Lipinski definition) is 0. The van der Waals surface area contributed by atoms with Crippen LogP contribution in [0.5, 0.6) is 0 Å². The van der Waals surface area contributed by atoms with Crippen LogP contribution < -0.4 is 10.2 Å². The highest BCUT2D eigenvalue weighted by molar-refractivity contribution is 7.47. The molecule has 1 atom stereocenters. The molecule has 0 radical (unpaired) electrons. The van der Waals surface area contributed by atoms with Crippen molar-refractivity contribution < 1.29 is 4.74 Å². The van der Waals surface area contributed by atoms with Crippen LogP contribution in [0.1, 0.15) is 6.92 Å². The largest absolute Gasteiger partial charge is 0.378 e. The lowest BCUT2D eigenvalue weighted by molar-refractivity contribution is 0.123. The van der Waals surface area contributed by atoms with Gasteiger partial charge in [0.2, 0.25) is 0 Å². The fourth-order valence-corrected chi connectivity index (χ4v) is 3.54. The predicted molar refractivity (Wildman–Crippen MR) is 83.3 cm³/mol. The lowest BCUT2D eigenvalue weighted by Gasteiger charge is -2.31. The van der Waals surface area contributed by atoms with E-state index in [0.717, 1.165) is 40.4 Å². The van der Waals surface area contributed by atoms with Crippen molar-refractivity contribution in [3.8, 4) is 0 Å². The number of nitrogens with zero attached hydrogens (tertiary/aromatic N) is 2. The van der Waals surface area contributed by atoms with E-state index in [1.54, 1.807) is 0 Å². The van der Waals surface area contributed by atoms with Gasteiger partial charge < -0.3 is 9.64 Å². The number of fused-ring (bicyclic) bond motifs is 1. The van der Waals surface area contributed by atoms with Crippen molar-refractivity contribution in [1.29, 1.82) is 0 Å². The lowest BCUT2D eigenvalue weighted by atomic mass is 10.2. The molecule has 1 aliphatic rings. The molecule has 0 bridgehead atoms. The molecule has 0 saturated carbocycles. The van der Waals surface area contributed by atoms with Gasteiger partial charge in [-0.25, -0.2) is 0 Å². The predicted octanol–water partition coefficient (Wildman–Crippen LogP) is 2.40. The summed E-state index contributed by atoms with van der Waals surface area (Å²) in [6.07, 6.45) is 3.06. The molecule has 0 aliphatic carbocycles. The van der Waals surface area contributed by atoms with Crippen LogP contribution in [-0.4, -0.2) is 37.4 Å². The first-order valence-corrected chi connectivity index (χ1v) is 8.04. The second kappa shape index (κ2) is 5.85. The molecule has 1 fully saturated rings. The molecular formula is C15H19N2OP. The second-order valence-corrected chi connectivity index (χ2v) is 6.29. The fourth-order valence-electron chi connectivity index (χ4n) is 2.51. The first-order valence-electron chi connectivity index (χ1n) is 6.84. The van der Waals surface area contributed by atoms with Crippen molar-refractivity contribution in [2.75, 3.05) is 37.4 Å². The summed E-state index contributed by atoms with van der Waals surface area (Å²) in [7, 11) is 0.851. The highest BCUT2D eigenvalue weighted by Crippen LogP contribution is 2.26. The van der Waals surface area contributed by atoms with E-state index >= 15 is 0 Å². The Kier molecular flexibility index (Phi) is 3.95. The SMILES string of the molecule is CCPc1cc2ncccc2cc1N1CCOCC1. The zero-order chi connectivity index (χ0) is 13.1. The van der Waals surface area contributed by atoms with Crippen LogP contribution >= 0.6 is 8.58 Å². The Bertz CT molecular complexity index is 567. The summed E-state index contributed by atoms with van der Waals surface area (Å²) in [5.41, 5.74) is 2.49. The molecule has 0 amide bonds. The summed E-state index contributed by atoms with van der Waals surface area (Å²) in [6.45, 7) is 5.89. The Morgan fingerprint density at radius 3 is 2.95 bits per heavy atom. The normalized spacial score (nSPS) is 16.6. The minimum absolute atomic E-state index is 0.833. The molecule has 100 valence electrons. The van der Waals surface area contributed by atoms with Crippen LogP contribution in [0.15, 0.2) is 30.5 Å². The molecule has 1 aliphatic heterocycles. The van der Waals surface area contributed by atoms with Gasteiger partial charge in [-0.15, -0.1) is 0 Å². The smallest absolute Gasteiger partial charge is 0.0709 e. The van der Waals surface area contributed by atoms with Crippen molar-refractivity contribution in [2.24, 2.45) is 0 Å². The van der Waals surface area contributed by atoms with E-state index in [2.05, 4.69) is 35.0 Å². The standard InChI is InChI=1S/C15H19N2OP/c1-2-19-15-11-13-12(4-3-5-16-13)10-14(15)17-6-8-18-9-7-17/h3-5,10-11,19H,2,6-9H2,1H3. The van der Waals surface area contributed by atoms with Crippen molar-refractivity contribution >= 4 is 30.5 Å². The quantitative estimate of drug-likeness (QED) is 0.804. The average Bonchev–Trinajstić information content (AvgIpc) is 2.48. The molecule has 0 N–H and O–H groups in total. The molecule has 2 aromatic rings. The molecule has 4 heteroatoms. The van der Waals surface area contributed by atoms with Gasteiger partial charge in [0, 0.05) is 30.4 Å². The third kappa shape index (κ3) is 2.72. The summed E-state index contributed by atoms with van der Waals surface area (Å²) in [4.78, 5) is 6.92. The Morgan fingerprint density at radius 1 is 1.32 bits per heavy atom. The highest BCUT2D eigenvalue weighted by atomic mass is 31.1. The molecule has 1 unspecified atom stereocenters. The number of anilines is 1. The Labute approximate surface area is 115 Å². The second-order valence-electron chi connectivity index (χ2n) is 4.70. The summed E-state index contributed by atoms with van der Waals surface area (Å²) in [5, 5.41) is 2.67. The van der Waals surface area contributed by atoms with E-state index in [0.29, 0.717) is 0 Å². The van der Waals surface area contributed by atoms with Crippen LogP contribution in [0, 0.1) is 0 Å². The van der Waals surface area contributed by atoms with Gasteiger partial charge in [0.15, 0.2) is 0 Å². The molecule has 1 aromatic heterocycles. The van der Waals surface area contributed by atoms with Crippen LogP contribution in [0.4, 0.5) is 5.69 Å².